The minimum atomic E-state index is -0.674. The number of carbonyl (C=O) groups excluding carboxylic acids is 3. The highest BCUT2D eigenvalue weighted by Gasteiger charge is 2.25. The van der Waals surface area contributed by atoms with Gasteiger partial charge in [0.25, 0.3) is 0 Å². The smallest absolute Gasteiger partial charge is 0.411 e. The summed E-state index contributed by atoms with van der Waals surface area (Å²) in [5.74, 6) is -0.962. The zero-order valence-electron chi connectivity index (χ0n) is 14.3. The monoisotopic (exact) mass is 326 g/mol. The summed E-state index contributed by atoms with van der Waals surface area (Å²) in [6, 6.07) is 0. The highest BCUT2D eigenvalue weighted by atomic mass is 16.6. The van der Waals surface area contributed by atoms with Crippen molar-refractivity contribution in [2.24, 2.45) is 0 Å². The Hall–Kier alpha value is -2.31. The van der Waals surface area contributed by atoms with Crippen LogP contribution < -0.4 is 0 Å². The summed E-state index contributed by atoms with van der Waals surface area (Å²) in [5.41, 5.74) is -0.674. The Morgan fingerprint density at radius 2 is 1.52 bits per heavy atom. The van der Waals surface area contributed by atoms with E-state index >= 15 is 0 Å². The molecule has 0 aromatic heterocycles. The van der Waals surface area contributed by atoms with Gasteiger partial charge >= 0.3 is 12.1 Å². The van der Waals surface area contributed by atoms with E-state index in [1.807, 2.05) is 0 Å². The highest BCUT2D eigenvalue weighted by Crippen LogP contribution is 2.10. The van der Waals surface area contributed by atoms with Gasteiger partial charge in [0, 0.05) is 13.1 Å². The fourth-order valence-electron chi connectivity index (χ4n) is 1.58. The van der Waals surface area contributed by atoms with Crippen molar-refractivity contribution in [3.8, 4) is 0 Å². The van der Waals surface area contributed by atoms with E-state index in [1.165, 1.54) is 29.1 Å². The number of nitrogens with zero attached hydrogens (tertiary/aromatic N) is 2. The topological polar surface area (TPSA) is 76.2 Å². The summed E-state index contributed by atoms with van der Waals surface area (Å²) in [6.07, 6.45) is 2.36. The molecule has 23 heavy (non-hydrogen) atoms. The van der Waals surface area contributed by atoms with Crippen LogP contribution in [0.1, 0.15) is 20.8 Å². The van der Waals surface area contributed by atoms with Gasteiger partial charge in [0.2, 0.25) is 5.91 Å². The molecule has 0 aromatic carbocycles. The summed E-state index contributed by atoms with van der Waals surface area (Å²) in [5, 5.41) is 0. The second-order valence-electron chi connectivity index (χ2n) is 5.79. The van der Waals surface area contributed by atoms with Crippen molar-refractivity contribution < 1.29 is 23.9 Å². The number of hydrogen-bond acceptors (Lipinski definition) is 5. The van der Waals surface area contributed by atoms with Crippen LogP contribution in [0.5, 0.6) is 0 Å². The Kier molecular flexibility index (Phi) is 8.69. The number of esters is 1. The number of hydrogen-bond donors (Lipinski definition) is 0. The molecule has 0 saturated heterocycles. The van der Waals surface area contributed by atoms with Crippen molar-refractivity contribution in [3.63, 3.8) is 0 Å². The van der Waals surface area contributed by atoms with Crippen LogP contribution in [0.15, 0.2) is 25.3 Å². The molecule has 0 fully saturated rings. The van der Waals surface area contributed by atoms with E-state index in [1.54, 1.807) is 20.8 Å². The molecule has 0 rings (SSSR count). The quantitative estimate of drug-likeness (QED) is 0.500. The largest absolute Gasteiger partial charge is 0.468 e. The van der Waals surface area contributed by atoms with Crippen LogP contribution in [0.4, 0.5) is 4.79 Å². The summed E-state index contributed by atoms with van der Waals surface area (Å²) in [4.78, 5) is 38.3. The molecule has 0 bridgehead atoms. The predicted octanol–water partition coefficient (Wildman–Crippen LogP) is 1.60. The van der Waals surface area contributed by atoms with E-state index in [0.717, 1.165) is 0 Å². The van der Waals surface area contributed by atoms with E-state index < -0.39 is 23.6 Å². The number of amides is 2. The third-order valence-corrected chi connectivity index (χ3v) is 2.58. The predicted molar refractivity (Wildman–Crippen MR) is 86.8 cm³/mol. The molecule has 0 spiro atoms. The second-order valence-corrected chi connectivity index (χ2v) is 5.79. The molecule has 0 aromatic rings. The molecule has 2 amide bonds. The molecular weight excluding hydrogens is 300 g/mol. The van der Waals surface area contributed by atoms with E-state index in [-0.39, 0.29) is 26.2 Å². The Morgan fingerprint density at radius 1 is 1.00 bits per heavy atom. The second kappa shape index (κ2) is 9.66. The normalized spacial score (nSPS) is 10.4. The maximum absolute atomic E-state index is 12.3. The van der Waals surface area contributed by atoms with Crippen LogP contribution in [0, 0.1) is 0 Å². The van der Waals surface area contributed by atoms with Crippen molar-refractivity contribution >= 4 is 18.0 Å². The maximum Gasteiger partial charge on any atom is 0.411 e. The lowest BCUT2D eigenvalue weighted by atomic mass is 10.2. The first-order chi connectivity index (χ1) is 10.6. The Bertz CT molecular complexity index is 454. The van der Waals surface area contributed by atoms with E-state index in [0.29, 0.717) is 0 Å². The first-order valence-electron chi connectivity index (χ1n) is 7.19. The van der Waals surface area contributed by atoms with E-state index in [9.17, 15) is 14.4 Å². The molecule has 0 N–H and O–H groups in total. The SMILES string of the molecule is C=CCN(CC(=O)OC)C(=O)CN(CC=C)C(=O)OC(C)(C)C. The lowest BCUT2D eigenvalue weighted by molar-refractivity contribution is -0.146. The molecular formula is C16H26N2O5. The van der Waals surface area contributed by atoms with Crippen molar-refractivity contribution in [1.82, 2.24) is 9.80 Å². The Morgan fingerprint density at radius 3 is 1.96 bits per heavy atom. The molecule has 0 atom stereocenters. The molecule has 0 unspecified atom stereocenters. The first kappa shape index (κ1) is 20.7. The third kappa shape index (κ3) is 8.65. The van der Waals surface area contributed by atoms with E-state index in [4.69, 9.17) is 4.74 Å². The molecule has 0 saturated carbocycles. The van der Waals surface area contributed by atoms with Crippen LogP contribution in [-0.4, -0.2) is 66.7 Å². The summed E-state index contributed by atoms with van der Waals surface area (Å²) in [6.45, 7) is 12.2. The lowest BCUT2D eigenvalue weighted by Gasteiger charge is -2.28. The molecule has 7 nitrogen and oxygen atoms in total. The lowest BCUT2D eigenvalue weighted by Crippen LogP contribution is -2.46. The molecule has 7 heteroatoms. The van der Waals surface area contributed by atoms with Gasteiger partial charge in [-0.1, -0.05) is 12.2 Å². The van der Waals surface area contributed by atoms with Crippen LogP contribution in [-0.2, 0) is 19.1 Å². The fraction of sp³-hybridized carbons (Fsp3) is 0.562. The minimum absolute atomic E-state index is 0.154. The summed E-state index contributed by atoms with van der Waals surface area (Å²) >= 11 is 0. The van der Waals surface area contributed by atoms with Gasteiger partial charge in [-0.15, -0.1) is 13.2 Å². The van der Waals surface area contributed by atoms with Gasteiger partial charge in [0.15, 0.2) is 0 Å². The highest BCUT2D eigenvalue weighted by molar-refractivity contribution is 5.85. The molecule has 130 valence electrons. The van der Waals surface area contributed by atoms with Gasteiger partial charge in [0.05, 0.1) is 7.11 Å². The number of ether oxygens (including phenoxy) is 2. The number of methoxy groups -OCH3 is 1. The molecule has 0 radical (unpaired) electrons. The van der Waals surface area contributed by atoms with Crippen LogP contribution >= 0.6 is 0 Å². The zero-order chi connectivity index (χ0) is 18.0. The summed E-state index contributed by atoms with van der Waals surface area (Å²) in [7, 11) is 1.24. The third-order valence-electron chi connectivity index (χ3n) is 2.58. The first-order valence-corrected chi connectivity index (χ1v) is 7.19. The minimum Gasteiger partial charge on any atom is -0.468 e. The molecule has 0 aliphatic carbocycles. The molecule has 0 aliphatic heterocycles. The van der Waals surface area contributed by atoms with Gasteiger partial charge in [0.1, 0.15) is 18.7 Å². The average molecular weight is 326 g/mol. The molecule has 0 heterocycles. The average Bonchev–Trinajstić information content (AvgIpc) is 2.44. The van der Waals surface area contributed by atoms with Crippen LogP contribution in [0.3, 0.4) is 0 Å². The number of carbonyl (C=O) groups is 3. The molecule has 0 aliphatic rings. The standard InChI is InChI=1S/C16H26N2O5/c1-7-9-17(12-14(20)22-6)13(19)11-18(10-8-2)15(21)23-16(3,4)5/h7-8H,1-2,9-12H2,3-6H3. The maximum atomic E-state index is 12.3. The van der Waals surface area contributed by atoms with Gasteiger partial charge in [-0.05, 0) is 20.8 Å². The van der Waals surface area contributed by atoms with Gasteiger partial charge in [-0.25, -0.2) is 4.79 Å². The van der Waals surface area contributed by atoms with Crippen molar-refractivity contribution in [2.75, 3.05) is 33.3 Å². The zero-order valence-corrected chi connectivity index (χ0v) is 14.3. The number of rotatable bonds is 8. The summed E-state index contributed by atoms with van der Waals surface area (Å²) < 4.78 is 9.81. The van der Waals surface area contributed by atoms with Crippen molar-refractivity contribution in [1.29, 1.82) is 0 Å². The van der Waals surface area contributed by atoms with Crippen molar-refractivity contribution in [2.45, 2.75) is 26.4 Å². The van der Waals surface area contributed by atoms with Crippen molar-refractivity contribution in [3.05, 3.63) is 25.3 Å². The van der Waals surface area contributed by atoms with E-state index in [2.05, 4.69) is 17.9 Å². The Labute approximate surface area is 137 Å². The Balaban J connectivity index is 4.97. The van der Waals surface area contributed by atoms with Gasteiger partial charge in [-0.2, -0.15) is 0 Å². The van der Waals surface area contributed by atoms with Gasteiger partial charge < -0.3 is 14.4 Å². The van der Waals surface area contributed by atoms with Gasteiger partial charge in [-0.3, -0.25) is 14.5 Å². The van der Waals surface area contributed by atoms with Crippen LogP contribution in [0.2, 0.25) is 0 Å². The fourth-order valence-corrected chi connectivity index (χ4v) is 1.58. The van der Waals surface area contributed by atoms with Crippen LogP contribution in [0.25, 0.3) is 0 Å².